The highest BCUT2D eigenvalue weighted by atomic mass is 35.5. The van der Waals surface area contributed by atoms with E-state index in [2.05, 4.69) is 29.6 Å². The number of benzene rings is 3. The standard InChI is InChI=1S/C19H15ClFNO/c20-18-12-15(21)8-9-17(18)19(23)22-11-10-14-6-3-5-13-4-1-2-7-16(13)14/h1-9,12H,10-11H2,(H,22,23). The van der Waals surface area contributed by atoms with Crippen LogP contribution in [-0.2, 0) is 6.42 Å². The molecule has 1 amide bonds. The van der Waals surface area contributed by atoms with E-state index in [0.717, 1.165) is 6.07 Å². The fourth-order valence-electron chi connectivity index (χ4n) is 2.59. The van der Waals surface area contributed by atoms with Crippen molar-refractivity contribution in [1.82, 2.24) is 5.32 Å². The summed E-state index contributed by atoms with van der Waals surface area (Å²) in [6.07, 6.45) is 0.714. The van der Waals surface area contributed by atoms with Gasteiger partial charge in [0.1, 0.15) is 5.82 Å². The van der Waals surface area contributed by atoms with Gasteiger partial charge in [0, 0.05) is 6.54 Å². The average Bonchev–Trinajstić information content (AvgIpc) is 2.55. The highest BCUT2D eigenvalue weighted by Crippen LogP contribution is 2.19. The predicted molar refractivity (Wildman–Crippen MR) is 91.4 cm³/mol. The zero-order valence-electron chi connectivity index (χ0n) is 12.4. The summed E-state index contributed by atoms with van der Waals surface area (Å²) in [7, 11) is 0. The summed E-state index contributed by atoms with van der Waals surface area (Å²) >= 11 is 5.90. The molecular weight excluding hydrogens is 313 g/mol. The summed E-state index contributed by atoms with van der Waals surface area (Å²) in [6.45, 7) is 0.487. The van der Waals surface area contributed by atoms with E-state index in [1.165, 1.54) is 28.5 Å². The van der Waals surface area contributed by atoms with Gasteiger partial charge in [-0.25, -0.2) is 4.39 Å². The van der Waals surface area contributed by atoms with Gasteiger partial charge in [-0.05, 0) is 41.0 Å². The van der Waals surface area contributed by atoms with E-state index in [1.54, 1.807) is 0 Å². The highest BCUT2D eigenvalue weighted by Gasteiger charge is 2.10. The molecule has 3 aromatic carbocycles. The molecule has 0 fully saturated rings. The summed E-state index contributed by atoms with van der Waals surface area (Å²) in [5.74, 6) is -0.752. The average molecular weight is 328 g/mol. The van der Waals surface area contributed by atoms with Crippen LogP contribution < -0.4 is 5.32 Å². The van der Waals surface area contributed by atoms with Gasteiger partial charge in [0.15, 0.2) is 0 Å². The number of carbonyl (C=O) groups excluding carboxylic acids is 1. The summed E-state index contributed by atoms with van der Waals surface area (Å²) in [4.78, 5) is 12.1. The molecule has 0 aliphatic rings. The third kappa shape index (κ3) is 3.51. The van der Waals surface area contributed by atoms with Crippen LogP contribution in [0.25, 0.3) is 10.8 Å². The van der Waals surface area contributed by atoms with Gasteiger partial charge >= 0.3 is 0 Å². The molecule has 0 aromatic heterocycles. The van der Waals surface area contributed by atoms with E-state index >= 15 is 0 Å². The number of hydrogen-bond donors (Lipinski definition) is 1. The van der Waals surface area contributed by atoms with Gasteiger partial charge in [0.25, 0.3) is 5.91 Å². The zero-order chi connectivity index (χ0) is 16.2. The molecule has 23 heavy (non-hydrogen) atoms. The van der Waals surface area contributed by atoms with Crippen molar-refractivity contribution in [2.45, 2.75) is 6.42 Å². The minimum atomic E-state index is -0.456. The second-order valence-corrected chi connectivity index (χ2v) is 5.68. The van der Waals surface area contributed by atoms with Gasteiger partial charge in [-0.15, -0.1) is 0 Å². The fourth-order valence-corrected chi connectivity index (χ4v) is 2.84. The number of hydrogen-bond acceptors (Lipinski definition) is 1. The number of nitrogens with one attached hydrogen (secondary N) is 1. The second kappa shape index (κ2) is 6.80. The van der Waals surface area contributed by atoms with Gasteiger partial charge in [0.2, 0.25) is 0 Å². The van der Waals surface area contributed by atoms with E-state index in [0.29, 0.717) is 13.0 Å². The largest absolute Gasteiger partial charge is 0.352 e. The smallest absolute Gasteiger partial charge is 0.252 e. The minimum absolute atomic E-state index is 0.118. The molecule has 0 bridgehead atoms. The van der Waals surface area contributed by atoms with Crippen molar-refractivity contribution in [2.75, 3.05) is 6.54 Å². The van der Waals surface area contributed by atoms with Gasteiger partial charge in [-0.1, -0.05) is 54.1 Å². The van der Waals surface area contributed by atoms with Crippen molar-refractivity contribution in [3.8, 4) is 0 Å². The first kappa shape index (κ1) is 15.5. The maximum atomic E-state index is 13.0. The Hall–Kier alpha value is -2.39. The van der Waals surface area contributed by atoms with Crippen LogP contribution in [0.3, 0.4) is 0 Å². The molecular formula is C19H15ClFNO. The lowest BCUT2D eigenvalue weighted by Gasteiger charge is -2.09. The predicted octanol–water partition coefficient (Wildman–Crippen LogP) is 4.60. The lowest BCUT2D eigenvalue weighted by molar-refractivity contribution is 0.0954. The highest BCUT2D eigenvalue weighted by molar-refractivity contribution is 6.33. The van der Waals surface area contributed by atoms with E-state index < -0.39 is 5.82 Å². The molecule has 1 N–H and O–H groups in total. The minimum Gasteiger partial charge on any atom is -0.352 e. The molecule has 0 atom stereocenters. The van der Waals surface area contributed by atoms with Crippen LogP contribution >= 0.6 is 11.6 Å². The van der Waals surface area contributed by atoms with Crippen LogP contribution in [0.1, 0.15) is 15.9 Å². The molecule has 0 radical (unpaired) electrons. The van der Waals surface area contributed by atoms with Crippen molar-refractivity contribution in [2.24, 2.45) is 0 Å². The number of rotatable bonds is 4. The van der Waals surface area contributed by atoms with E-state index in [1.807, 2.05) is 18.2 Å². The van der Waals surface area contributed by atoms with Gasteiger partial charge in [-0.3, -0.25) is 4.79 Å². The Morgan fingerprint density at radius 3 is 2.65 bits per heavy atom. The Morgan fingerprint density at radius 2 is 1.83 bits per heavy atom. The Kier molecular flexibility index (Phi) is 4.58. The van der Waals surface area contributed by atoms with Gasteiger partial charge in [0.05, 0.1) is 10.6 Å². The Morgan fingerprint density at radius 1 is 1.04 bits per heavy atom. The van der Waals surface area contributed by atoms with Crippen LogP contribution in [0.5, 0.6) is 0 Å². The van der Waals surface area contributed by atoms with Gasteiger partial charge in [-0.2, -0.15) is 0 Å². The quantitative estimate of drug-likeness (QED) is 0.745. The van der Waals surface area contributed by atoms with E-state index in [9.17, 15) is 9.18 Å². The van der Waals surface area contributed by atoms with Crippen LogP contribution in [0.4, 0.5) is 4.39 Å². The second-order valence-electron chi connectivity index (χ2n) is 5.27. The summed E-state index contributed by atoms with van der Waals surface area (Å²) < 4.78 is 13.0. The Balaban J connectivity index is 1.68. The first-order valence-corrected chi connectivity index (χ1v) is 7.73. The van der Waals surface area contributed by atoms with Crippen molar-refractivity contribution in [3.05, 3.63) is 82.6 Å². The molecule has 0 aliphatic heterocycles. The summed E-state index contributed by atoms with van der Waals surface area (Å²) in [6, 6.07) is 18.0. The van der Waals surface area contributed by atoms with E-state index in [4.69, 9.17) is 11.6 Å². The number of amides is 1. The molecule has 0 saturated carbocycles. The van der Waals surface area contributed by atoms with Crippen molar-refractivity contribution in [3.63, 3.8) is 0 Å². The lowest BCUT2D eigenvalue weighted by Crippen LogP contribution is -2.26. The van der Waals surface area contributed by atoms with Crippen molar-refractivity contribution in [1.29, 1.82) is 0 Å². The molecule has 0 unspecified atom stereocenters. The molecule has 3 aromatic rings. The molecule has 4 heteroatoms. The first-order valence-electron chi connectivity index (χ1n) is 7.35. The third-order valence-electron chi connectivity index (χ3n) is 3.74. The van der Waals surface area contributed by atoms with Crippen molar-refractivity contribution < 1.29 is 9.18 Å². The molecule has 0 aliphatic carbocycles. The lowest BCUT2D eigenvalue weighted by atomic mass is 10.0. The molecule has 0 spiro atoms. The summed E-state index contributed by atoms with van der Waals surface area (Å²) in [5, 5.41) is 5.31. The molecule has 3 rings (SSSR count). The van der Waals surface area contributed by atoms with Crippen LogP contribution in [0.2, 0.25) is 5.02 Å². The third-order valence-corrected chi connectivity index (χ3v) is 4.05. The molecule has 0 saturated heterocycles. The Labute approximate surface area is 138 Å². The number of carbonyl (C=O) groups is 1. The SMILES string of the molecule is O=C(NCCc1cccc2ccccc12)c1ccc(F)cc1Cl. The van der Waals surface area contributed by atoms with Crippen LogP contribution in [-0.4, -0.2) is 12.5 Å². The van der Waals surface area contributed by atoms with E-state index in [-0.39, 0.29) is 16.5 Å². The molecule has 0 heterocycles. The summed E-state index contributed by atoms with van der Waals surface area (Å²) in [5.41, 5.74) is 1.46. The number of halogens is 2. The van der Waals surface area contributed by atoms with Crippen LogP contribution in [0, 0.1) is 5.82 Å². The number of fused-ring (bicyclic) bond motifs is 1. The molecule has 116 valence electrons. The zero-order valence-corrected chi connectivity index (χ0v) is 13.1. The Bertz CT molecular complexity index is 858. The monoisotopic (exact) mass is 327 g/mol. The maximum absolute atomic E-state index is 13.0. The van der Waals surface area contributed by atoms with Crippen LogP contribution in [0.15, 0.2) is 60.7 Å². The van der Waals surface area contributed by atoms with Crippen molar-refractivity contribution >= 4 is 28.3 Å². The first-order chi connectivity index (χ1) is 11.1. The van der Waals surface area contributed by atoms with Gasteiger partial charge < -0.3 is 5.32 Å². The maximum Gasteiger partial charge on any atom is 0.252 e. The topological polar surface area (TPSA) is 29.1 Å². The molecule has 2 nitrogen and oxygen atoms in total. The normalized spacial score (nSPS) is 10.7. The fraction of sp³-hybridized carbons (Fsp3) is 0.105.